The van der Waals surface area contributed by atoms with Crippen LogP contribution in [-0.2, 0) is 4.74 Å². The van der Waals surface area contributed by atoms with Gasteiger partial charge in [-0.1, -0.05) is 13.0 Å². The van der Waals surface area contributed by atoms with Crippen LogP contribution in [0.1, 0.15) is 37.8 Å². The van der Waals surface area contributed by atoms with E-state index in [1.165, 1.54) is 6.07 Å². The Morgan fingerprint density at radius 3 is 2.68 bits per heavy atom. The van der Waals surface area contributed by atoms with Gasteiger partial charge in [-0.3, -0.25) is 0 Å². The SMILES string of the molecule is CCNC(CC1CCOCC1)c1ccc(F)cc1F. The van der Waals surface area contributed by atoms with Gasteiger partial charge in [-0.15, -0.1) is 0 Å². The lowest BCUT2D eigenvalue weighted by atomic mass is 9.89. The maximum atomic E-state index is 13.9. The molecule has 1 aromatic carbocycles. The van der Waals surface area contributed by atoms with Crippen LogP contribution in [0.5, 0.6) is 0 Å². The Morgan fingerprint density at radius 1 is 1.32 bits per heavy atom. The normalized spacial score (nSPS) is 18.5. The van der Waals surface area contributed by atoms with Crippen LogP contribution in [0.25, 0.3) is 0 Å². The van der Waals surface area contributed by atoms with Crippen LogP contribution in [0.3, 0.4) is 0 Å². The lowest BCUT2D eigenvalue weighted by Gasteiger charge is -2.27. The molecular formula is C15H21F2NO. The fourth-order valence-electron chi connectivity index (χ4n) is 2.67. The van der Waals surface area contributed by atoms with Gasteiger partial charge in [-0.2, -0.15) is 0 Å². The third-order valence-electron chi connectivity index (χ3n) is 3.70. The van der Waals surface area contributed by atoms with Crippen molar-refractivity contribution >= 4 is 0 Å². The van der Waals surface area contributed by atoms with Crippen molar-refractivity contribution in [3.8, 4) is 0 Å². The first-order valence-electron chi connectivity index (χ1n) is 6.96. The Bertz CT molecular complexity index is 405. The minimum atomic E-state index is -0.525. The Labute approximate surface area is 113 Å². The van der Waals surface area contributed by atoms with Crippen LogP contribution in [0, 0.1) is 17.6 Å². The summed E-state index contributed by atoms with van der Waals surface area (Å²) in [6, 6.07) is 3.79. The molecule has 0 saturated carbocycles. The van der Waals surface area contributed by atoms with Gasteiger partial charge in [0.1, 0.15) is 11.6 Å². The van der Waals surface area contributed by atoms with E-state index in [9.17, 15) is 8.78 Å². The first-order valence-corrected chi connectivity index (χ1v) is 6.96. The van der Waals surface area contributed by atoms with Gasteiger partial charge < -0.3 is 10.1 Å². The number of ether oxygens (including phenoxy) is 1. The maximum absolute atomic E-state index is 13.9. The molecule has 1 unspecified atom stereocenters. The second kappa shape index (κ2) is 6.96. The van der Waals surface area contributed by atoms with E-state index in [2.05, 4.69) is 5.32 Å². The number of halogens is 2. The predicted molar refractivity (Wildman–Crippen MR) is 70.9 cm³/mol. The highest BCUT2D eigenvalue weighted by atomic mass is 19.1. The predicted octanol–water partition coefficient (Wildman–Crippen LogP) is 3.43. The standard InChI is InChI=1S/C15H21F2NO/c1-2-18-15(9-11-5-7-19-8-6-11)13-4-3-12(16)10-14(13)17/h3-4,10-11,15,18H,2,5-9H2,1H3. The van der Waals surface area contributed by atoms with Crippen LogP contribution < -0.4 is 5.32 Å². The van der Waals surface area contributed by atoms with E-state index in [1.54, 1.807) is 6.07 Å². The highest BCUT2D eigenvalue weighted by molar-refractivity contribution is 5.22. The molecule has 1 N–H and O–H groups in total. The van der Waals surface area contributed by atoms with Crippen molar-refractivity contribution in [1.82, 2.24) is 5.32 Å². The molecule has 106 valence electrons. The average molecular weight is 269 g/mol. The minimum absolute atomic E-state index is 0.0475. The molecule has 19 heavy (non-hydrogen) atoms. The number of hydrogen-bond donors (Lipinski definition) is 1. The summed E-state index contributed by atoms with van der Waals surface area (Å²) in [7, 11) is 0. The van der Waals surface area contributed by atoms with E-state index in [0.29, 0.717) is 11.5 Å². The van der Waals surface area contributed by atoms with Gasteiger partial charge in [0.25, 0.3) is 0 Å². The van der Waals surface area contributed by atoms with E-state index in [4.69, 9.17) is 4.74 Å². The maximum Gasteiger partial charge on any atom is 0.130 e. The zero-order valence-corrected chi connectivity index (χ0v) is 11.3. The molecule has 4 heteroatoms. The molecule has 1 fully saturated rings. The molecule has 1 aliphatic rings. The molecule has 1 aliphatic heterocycles. The smallest absolute Gasteiger partial charge is 0.130 e. The average Bonchev–Trinajstić information content (AvgIpc) is 2.39. The summed E-state index contributed by atoms with van der Waals surface area (Å²) in [6.07, 6.45) is 2.91. The lowest BCUT2D eigenvalue weighted by Crippen LogP contribution is -2.27. The van der Waals surface area contributed by atoms with Crippen LogP contribution >= 0.6 is 0 Å². The highest BCUT2D eigenvalue weighted by Gasteiger charge is 2.22. The monoisotopic (exact) mass is 269 g/mol. The first kappa shape index (κ1) is 14.4. The number of nitrogens with one attached hydrogen (secondary N) is 1. The molecular weight excluding hydrogens is 248 g/mol. The van der Waals surface area contributed by atoms with Gasteiger partial charge in [0, 0.05) is 30.9 Å². The van der Waals surface area contributed by atoms with E-state index in [0.717, 1.165) is 45.1 Å². The summed E-state index contributed by atoms with van der Waals surface area (Å²) in [5.41, 5.74) is 0.565. The van der Waals surface area contributed by atoms with E-state index in [-0.39, 0.29) is 6.04 Å². The molecule has 0 radical (unpaired) electrons. The highest BCUT2D eigenvalue weighted by Crippen LogP contribution is 2.29. The lowest BCUT2D eigenvalue weighted by molar-refractivity contribution is 0.0604. The molecule has 0 aromatic heterocycles. The Balaban J connectivity index is 2.09. The summed E-state index contributed by atoms with van der Waals surface area (Å²) in [5, 5.41) is 3.30. The Morgan fingerprint density at radius 2 is 2.05 bits per heavy atom. The molecule has 1 atom stereocenters. The van der Waals surface area contributed by atoms with Gasteiger partial charge in [0.2, 0.25) is 0 Å². The van der Waals surface area contributed by atoms with E-state index < -0.39 is 11.6 Å². The quantitative estimate of drug-likeness (QED) is 0.884. The van der Waals surface area contributed by atoms with Gasteiger partial charge in [0.15, 0.2) is 0 Å². The third-order valence-corrected chi connectivity index (χ3v) is 3.70. The van der Waals surface area contributed by atoms with E-state index in [1.807, 2.05) is 6.92 Å². The third kappa shape index (κ3) is 3.98. The molecule has 1 saturated heterocycles. The van der Waals surface area contributed by atoms with Crippen molar-refractivity contribution in [1.29, 1.82) is 0 Å². The van der Waals surface area contributed by atoms with Crippen molar-refractivity contribution in [2.45, 2.75) is 32.2 Å². The summed E-state index contributed by atoms with van der Waals surface area (Å²) in [4.78, 5) is 0. The molecule has 1 aromatic rings. The molecule has 1 heterocycles. The van der Waals surface area contributed by atoms with Crippen molar-refractivity contribution in [2.75, 3.05) is 19.8 Å². The zero-order chi connectivity index (χ0) is 13.7. The molecule has 0 aliphatic carbocycles. The topological polar surface area (TPSA) is 21.3 Å². The fourth-order valence-corrected chi connectivity index (χ4v) is 2.67. The first-order chi connectivity index (χ1) is 9.20. The number of benzene rings is 1. The molecule has 2 nitrogen and oxygen atoms in total. The van der Waals surface area contributed by atoms with Crippen molar-refractivity contribution in [3.63, 3.8) is 0 Å². The van der Waals surface area contributed by atoms with Crippen LogP contribution in [0.4, 0.5) is 8.78 Å². The van der Waals surface area contributed by atoms with Gasteiger partial charge >= 0.3 is 0 Å². The summed E-state index contributed by atoms with van der Waals surface area (Å²) in [5.74, 6) is -0.442. The second-order valence-corrected chi connectivity index (χ2v) is 5.07. The van der Waals surface area contributed by atoms with Crippen molar-refractivity contribution in [3.05, 3.63) is 35.4 Å². The van der Waals surface area contributed by atoms with Crippen LogP contribution in [0.15, 0.2) is 18.2 Å². The van der Waals surface area contributed by atoms with E-state index >= 15 is 0 Å². The fraction of sp³-hybridized carbons (Fsp3) is 0.600. The molecule has 0 amide bonds. The summed E-state index contributed by atoms with van der Waals surface area (Å²) in [6.45, 7) is 4.34. The van der Waals surface area contributed by atoms with Crippen LogP contribution in [-0.4, -0.2) is 19.8 Å². The van der Waals surface area contributed by atoms with Gasteiger partial charge in [0.05, 0.1) is 0 Å². The Kier molecular flexibility index (Phi) is 5.28. The molecule has 2 rings (SSSR count). The minimum Gasteiger partial charge on any atom is -0.381 e. The zero-order valence-electron chi connectivity index (χ0n) is 11.3. The van der Waals surface area contributed by atoms with Gasteiger partial charge in [-0.25, -0.2) is 8.78 Å². The molecule has 0 bridgehead atoms. The second-order valence-electron chi connectivity index (χ2n) is 5.07. The van der Waals surface area contributed by atoms with Crippen molar-refractivity contribution < 1.29 is 13.5 Å². The molecule has 0 spiro atoms. The number of rotatable bonds is 5. The largest absolute Gasteiger partial charge is 0.381 e. The van der Waals surface area contributed by atoms with Crippen LogP contribution in [0.2, 0.25) is 0 Å². The Hall–Kier alpha value is -1.00. The van der Waals surface area contributed by atoms with Crippen molar-refractivity contribution in [2.24, 2.45) is 5.92 Å². The number of hydrogen-bond acceptors (Lipinski definition) is 2. The summed E-state index contributed by atoms with van der Waals surface area (Å²) < 4.78 is 32.2. The van der Waals surface area contributed by atoms with Gasteiger partial charge in [-0.05, 0) is 37.8 Å². The summed E-state index contributed by atoms with van der Waals surface area (Å²) >= 11 is 0.